The summed E-state index contributed by atoms with van der Waals surface area (Å²) in [5, 5.41) is 3.68. The van der Waals surface area contributed by atoms with Crippen molar-refractivity contribution < 1.29 is 4.74 Å². The van der Waals surface area contributed by atoms with Crippen molar-refractivity contribution in [3.8, 4) is 0 Å². The lowest BCUT2D eigenvalue weighted by Gasteiger charge is -2.39. The fraction of sp³-hybridized carbons (Fsp3) is 1.00. The molecule has 3 nitrogen and oxygen atoms in total. The molecule has 1 aliphatic carbocycles. The molecule has 2 rings (SSSR count). The van der Waals surface area contributed by atoms with E-state index in [9.17, 15) is 0 Å². The topological polar surface area (TPSA) is 24.5 Å². The molecule has 1 aliphatic heterocycles. The van der Waals surface area contributed by atoms with Gasteiger partial charge < -0.3 is 10.1 Å². The molecule has 16 heavy (non-hydrogen) atoms. The van der Waals surface area contributed by atoms with Crippen LogP contribution < -0.4 is 5.32 Å². The smallest absolute Gasteiger partial charge is 0.0594 e. The molecule has 0 bridgehead atoms. The van der Waals surface area contributed by atoms with Gasteiger partial charge in [0.15, 0.2) is 0 Å². The fourth-order valence-electron chi connectivity index (χ4n) is 2.97. The molecule has 0 amide bonds. The van der Waals surface area contributed by atoms with Gasteiger partial charge in [-0.15, -0.1) is 0 Å². The molecule has 94 valence electrons. The van der Waals surface area contributed by atoms with Gasteiger partial charge in [0.05, 0.1) is 13.2 Å². The van der Waals surface area contributed by atoms with E-state index >= 15 is 0 Å². The van der Waals surface area contributed by atoms with Gasteiger partial charge in [0.2, 0.25) is 0 Å². The number of nitrogens with zero attached hydrogens (tertiary/aromatic N) is 1. The van der Waals surface area contributed by atoms with Crippen molar-refractivity contribution in [3.05, 3.63) is 0 Å². The summed E-state index contributed by atoms with van der Waals surface area (Å²) in [6.07, 6.45) is 6.76. The van der Waals surface area contributed by atoms with Crippen molar-refractivity contribution in [2.45, 2.75) is 51.1 Å². The van der Waals surface area contributed by atoms with Crippen LogP contribution in [0.15, 0.2) is 0 Å². The van der Waals surface area contributed by atoms with Crippen LogP contribution >= 0.6 is 0 Å². The zero-order chi connectivity index (χ0) is 11.2. The van der Waals surface area contributed by atoms with E-state index in [4.69, 9.17) is 4.74 Å². The highest BCUT2D eigenvalue weighted by molar-refractivity contribution is 4.84. The third kappa shape index (κ3) is 3.44. The quantitative estimate of drug-likeness (QED) is 0.788. The van der Waals surface area contributed by atoms with Gasteiger partial charge in [0.1, 0.15) is 0 Å². The second-order valence-electron chi connectivity index (χ2n) is 5.12. The number of hydrogen-bond acceptors (Lipinski definition) is 3. The molecule has 2 aliphatic rings. The van der Waals surface area contributed by atoms with Crippen LogP contribution in [0.25, 0.3) is 0 Å². The lowest BCUT2D eigenvalue weighted by Crippen LogP contribution is -2.48. The molecule has 0 radical (unpaired) electrons. The first-order valence-corrected chi connectivity index (χ1v) is 6.95. The average molecular weight is 226 g/mol. The highest BCUT2D eigenvalue weighted by Crippen LogP contribution is 2.23. The minimum Gasteiger partial charge on any atom is -0.379 e. The highest BCUT2D eigenvalue weighted by atomic mass is 16.5. The van der Waals surface area contributed by atoms with E-state index in [0.717, 1.165) is 38.4 Å². The fourth-order valence-corrected chi connectivity index (χ4v) is 2.97. The third-order valence-electron chi connectivity index (χ3n) is 3.89. The SMILES string of the molecule is CCCNC1CCCC(N2CCOCC2)C1. The van der Waals surface area contributed by atoms with E-state index in [1.807, 2.05) is 0 Å². The van der Waals surface area contributed by atoms with Crippen molar-refractivity contribution in [1.29, 1.82) is 0 Å². The van der Waals surface area contributed by atoms with Crippen LogP contribution in [0.5, 0.6) is 0 Å². The first-order valence-electron chi connectivity index (χ1n) is 6.95. The van der Waals surface area contributed by atoms with Gasteiger partial charge in [-0.3, -0.25) is 4.90 Å². The van der Waals surface area contributed by atoms with Crippen molar-refractivity contribution in [3.63, 3.8) is 0 Å². The Balaban J connectivity index is 1.76. The molecule has 2 fully saturated rings. The molecule has 0 aromatic rings. The van der Waals surface area contributed by atoms with Crippen LogP contribution in [0.3, 0.4) is 0 Å². The van der Waals surface area contributed by atoms with E-state index in [1.165, 1.54) is 38.6 Å². The predicted molar refractivity (Wildman–Crippen MR) is 66.7 cm³/mol. The number of morpholine rings is 1. The summed E-state index contributed by atoms with van der Waals surface area (Å²) in [6.45, 7) is 7.58. The van der Waals surface area contributed by atoms with Crippen LogP contribution in [0, 0.1) is 0 Å². The molecule has 1 saturated heterocycles. The molecule has 1 heterocycles. The Bertz CT molecular complexity index is 192. The van der Waals surface area contributed by atoms with Crippen molar-refractivity contribution >= 4 is 0 Å². The van der Waals surface area contributed by atoms with Gasteiger partial charge in [-0.1, -0.05) is 13.3 Å². The number of rotatable bonds is 4. The second-order valence-corrected chi connectivity index (χ2v) is 5.12. The molecular weight excluding hydrogens is 200 g/mol. The molecular formula is C13H26N2O. The van der Waals surface area contributed by atoms with Gasteiger partial charge in [-0.05, 0) is 32.2 Å². The first kappa shape index (κ1) is 12.3. The number of ether oxygens (including phenoxy) is 1. The summed E-state index contributed by atoms with van der Waals surface area (Å²) in [5.74, 6) is 0. The van der Waals surface area contributed by atoms with Crippen LogP contribution in [-0.2, 0) is 4.74 Å². The van der Waals surface area contributed by atoms with E-state index < -0.39 is 0 Å². The second kappa shape index (κ2) is 6.58. The summed E-state index contributed by atoms with van der Waals surface area (Å²) >= 11 is 0. The molecule has 2 atom stereocenters. The highest BCUT2D eigenvalue weighted by Gasteiger charge is 2.27. The summed E-state index contributed by atoms with van der Waals surface area (Å²) in [4.78, 5) is 2.64. The normalized spacial score (nSPS) is 32.8. The first-order chi connectivity index (χ1) is 7.90. The van der Waals surface area contributed by atoms with Gasteiger partial charge in [0.25, 0.3) is 0 Å². The Labute approximate surface area is 99.5 Å². The Morgan fingerprint density at radius 3 is 2.81 bits per heavy atom. The van der Waals surface area contributed by atoms with E-state index in [2.05, 4.69) is 17.1 Å². The van der Waals surface area contributed by atoms with Crippen molar-refractivity contribution in [1.82, 2.24) is 10.2 Å². The number of hydrogen-bond donors (Lipinski definition) is 1. The maximum Gasteiger partial charge on any atom is 0.0594 e. The lowest BCUT2D eigenvalue weighted by molar-refractivity contribution is 0.00546. The van der Waals surface area contributed by atoms with Crippen LogP contribution in [0.1, 0.15) is 39.0 Å². The third-order valence-corrected chi connectivity index (χ3v) is 3.89. The van der Waals surface area contributed by atoms with Gasteiger partial charge in [-0.25, -0.2) is 0 Å². The van der Waals surface area contributed by atoms with Crippen LogP contribution in [0.2, 0.25) is 0 Å². The van der Waals surface area contributed by atoms with Gasteiger partial charge >= 0.3 is 0 Å². The van der Waals surface area contributed by atoms with Crippen molar-refractivity contribution in [2.75, 3.05) is 32.8 Å². The van der Waals surface area contributed by atoms with Gasteiger partial charge in [0, 0.05) is 25.2 Å². The standard InChI is InChI=1S/C13H26N2O/c1-2-6-14-12-4-3-5-13(11-12)15-7-9-16-10-8-15/h12-14H,2-11H2,1H3. The minimum atomic E-state index is 0.765. The molecule has 1 saturated carbocycles. The zero-order valence-corrected chi connectivity index (χ0v) is 10.6. The Morgan fingerprint density at radius 1 is 1.25 bits per heavy atom. The van der Waals surface area contributed by atoms with Crippen LogP contribution in [0.4, 0.5) is 0 Å². The Morgan fingerprint density at radius 2 is 2.06 bits per heavy atom. The summed E-state index contributed by atoms with van der Waals surface area (Å²) in [5.41, 5.74) is 0. The molecule has 3 heteroatoms. The van der Waals surface area contributed by atoms with Crippen molar-refractivity contribution in [2.24, 2.45) is 0 Å². The molecule has 1 N–H and O–H groups in total. The maximum absolute atomic E-state index is 5.42. The lowest BCUT2D eigenvalue weighted by atomic mass is 9.89. The van der Waals surface area contributed by atoms with E-state index in [1.54, 1.807) is 0 Å². The average Bonchev–Trinajstić information content (AvgIpc) is 2.38. The molecule has 2 unspecified atom stereocenters. The zero-order valence-electron chi connectivity index (χ0n) is 10.6. The summed E-state index contributed by atoms with van der Waals surface area (Å²) < 4.78 is 5.42. The van der Waals surface area contributed by atoms with Crippen LogP contribution in [-0.4, -0.2) is 49.8 Å². The largest absolute Gasteiger partial charge is 0.379 e. The van der Waals surface area contributed by atoms with E-state index in [0.29, 0.717) is 0 Å². The summed E-state index contributed by atoms with van der Waals surface area (Å²) in [7, 11) is 0. The monoisotopic (exact) mass is 226 g/mol. The number of nitrogens with one attached hydrogen (secondary N) is 1. The van der Waals surface area contributed by atoms with Gasteiger partial charge in [-0.2, -0.15) is 0 Å². The predicted octanol–water partition coefficient (Wildman–Crippen LogP) is 1.63. The molecule has 0 aromatic carbocycles. The Kier molecular flexibility index (Phi) is 5.07. The molecule has 0 aromatic heterocycles. The van der Waals surface area contributed by atoms with E-state index in [-0.39, 0.29) is 0 Å². The Hall–Kier alpha value is -0.120. The maximum atomic E-state index is 5.42. The minimum absolute atomic E-state index is 0.765. The summed E-state index contributed by atoms with van der Waals surface area (Å²) in [6, 6.07) is 1.58. The molecule has 0 spiro atoms.